The minimum absolute atomic E-state index is 0.0776. The molecule has 1 rings (SSSR count). The van der Waals surface area contributed by atoms with Gasteiger partial charge in [0.1, 0.15) is 0 Å². The number of hydrogen-bond donors (Lipinski definition) is 1. The van der Waals surface area contributed by atoms with Crippen molar-refractivity contribution in [2.24, 2.45) is 0 Å². The van der Waals surface area contributed by atoms with Crippen molar-refractivity contribution in [1.29, 1.82) is 0 Å². The number of unbranched alkanes of at least 4 members (excludes halogenated alkanes) is 1. The molecular formula is C13H14ClNO. The molecule has 0 bridgehead atoms. The summed E-state index contributed by atoms with van der Waals surface area (Å²) in [5.41, 5.74) is 1.53. The fourth-order valence-electron chi connectivity index (χ4n) is 1.37. The van der Waals surface area contributed by atoms with Crippen LogP contribution in [-0.4, -0.2) is 12.5 Å². The van der Waals surface area contributed by atoms with Crippen molar-refractivity contribution in [2.75, 3.05) is 6.54 Å². The fraction of sp³-hybridized carbons (Fsp3) is 0.308. The summed E-state index contributed by atoms with van der Waals surface area (Å²) in [4.78, 5) is 11.7. The minimum Gasteiger partial charge on any atom is -0.352 e. The molecular weight excluding hydrogens is 222 g/mol. The number of aryl methyl sites for hydroxylation is 1. The Morgan fingerprint density at radius 1 is 1.56 bits per heavy atom. The van der Waals surface area contributed by atoms with Gasteiger partial charge in [-0.1, -0.05) is 11.6 Å². The molecule has 84 valence electrons. The van der Waals surface area contributed by atoms with Crippen LogP contribution in [-0.2, 0) is 0 Å². The van der Waals surface area contributed by atoms with Gasteiger partial charge in [-0.15, -0.1) is 12.3 Å². The lowest BCUT2D eigenvalue weighted by atomic mass is 10.1. The molecule has 2 nitrogen and oxygen atoms in total. The Morgan fingerprint density at radius 3 is 2.94 bits per heavy atom. The van der Waals surface area contributed by atoms with Crippen LogP contribution in [0.15, 0.2) is 18.2 Å². The van der Waals surface area contributed by atoms with Crippen LogP contribution in [0.1, 0.15) is 28.8 Å². The van der Waals surface area contributed by atoms with Crippen LogP contribution < -0.4 is 5.32 Å². The molecule has 16 heavy (non-hydrogen) atoms. The first kappa shape index (κ1) is 12.6. The highest BCUT2D eigenvalue weighted by Gasteiger charge is 2.07. The number of benzene rings is 1. The van der Waals surface area contributed by atoms with E-state index in [1.165, 1.54) is 0 Å². The molecule has 0 atom stereocenters. The molecule has 0 aliphatic rings. The lowest BCUT2D eigenvalue weighted by Gasteiger charge is -2.07. The summed E-state index contributed by atoms with van der Waals surface area (Å²) in [6.07, 6.45) is 6.60. The Kier molecular flexibility index (Phi) is 4.88. The molecule has 0 unspecified atom stereocenters. The third kappa shape index (κ3) is 3.60. The number of amides is 1. The number of hydrogen-bond acceptors (Lipinski definition) is 1. The van der Waals surface area contributed by atoms with E-state index in [0.29, 0.717) is 23.6 Å². The Balaban J connectivity index is 2.57. The smallest absolute Gasteiger partial charge is 0.251 e. The molecule has 1 aromatic rings. The molecule has 0 aliphatic carbocycles. The largest absolute Gasteiger partial charge is 0.352 e. The van der Waals surface area contributed by atoms with Crippen molar-refractivity contribution in [3.8, 4) is 12.3 Å². The molecule has 0 saturated heterocycles. The van der Waals surface area contributed by atoms with E-state index in [1.807, 2.05) is 6.92 Å². The Morgan fingerprint density at radius 2 is 2.31 bits per heavy atom. The average molecular weight is 236 g/mol. The topological polar surface area (TPSA) is 29.1 Å². The summed E-state index contributed by atoms with van der Waals surface area (Å²) >= 11 is 5.81. The number of carbonyl (C=O) groups excluding carboxylic acids is 1. The van der Waals surface area contributed by atoms with Gasteiger partial charge in [-0.05, 0) is 37.1 Å². The van der Waals surface area contributed by atoms with Gasteiger partial charge in [0.2, 0.25) is 0 Å². The second-order valence-electron chi connectivity index (χ2n) is 3.52. The molecule has 3 heteroatoms. The zero-order valence-electron chi connectivity index (χ0n) is 9.22. The predicted molar refractivity (Wildman–Crippen MR) is 66.6 cm³/mol. The van der Waals surface area contributed by atoms with E-state index < -0.39 is 0 Å². The van der Waals surface area contributed by atoms with Gasteiger partial charge >= 0.3 is 0 Å². The van der Waals surface area contributed by atoms with E-state index in [-0.39, 0.29) is 5.91 Å². The Labute approximate surface area is 101 Å². The summed E-state index contributed by atoms with van der Waals surface area (Å²) in [5, 5.41) is 3.46. The van der Waals surface area contributed by atoms with Gasteiger partial charge in [0, 0.05) is 23.6 Å². The van der Waals surface area contributed by atoms with Crippen LogP contribution in [0, 0.1) is 19.3 Å². The van der Waals surface area contributed by atoms with Crippen LogP contribution in [0.2, 0.25) is 5.02 Å². The first-order chi connectivity index (χ1) is 7.65. The maximum absolute atomic E-state index is 11.7. The molecule has 1 N–H and O–H groups in total. The van der Waals surface area contributed by atoms with Crippen LogP contribution in [0.25, 0.3) is 0 Å². The second kappa shape index (κ2) is 6.19. The van der Waals surface area contributed by atoms with E-state index in [0.717, 1.165) is 12.0 Å². The maximum atomic E-state index is 11.7. The Hall–Kier alpha value is -1.46. The molecule has 0 aliphatic heterocycles. The highest BCUT2D eigenvalue weighted by atomic mass is 35.5. The maximum Gasteiger partial charge on any atom is 0.251 e. The summed E-state index contributed by atoms with van der Waals surface area (Å²) in [7, 11) is 0. The number of carbonyl (C=O) groups is 1. The molecule has 0 fully saturated rings. The van der Waals surface area contributed by atoms with E-state index in [4.69, 9.17) is 18.0 Å². The lowest BCUT2D eigenvalue weighted by molar-refractivity contribution is 0.0953. The summed E-state index contributed by atoms with van der Waals surface area (Å²) in [6.45, 7) is 2.47. The second-order valence-corrected chi connectivity index (χ2v) is 3.96. The fourth-order valence-corrected chi connectivity index (χ4v) is 1.60. The average Bonchev–Trinajstić information content (AvgIpc) is 2.24. The SMILES string of the molecule is C#CCCCNC(=O)c1ccc(Cl)cc1C. The van der Waals surface area contributed by atoms with Crippen LogP contribution >= 0.6 is 11.6 Å². The van der Waals surface area contributed by atoms with Crippen molar-refractivity contribution in [3.05, 3.63) is 34.3 Å². The van der Waals surface area contributed by atoms with Crippen molar-refractivity contribution >= 4 is 17.5 Å². The van der Waals surface area contributed by atoms with Crippen molar-refractivity contribution in [1.82, 2.24) is 5.32 Å². The monoisotopic (exact) mass is 235 g/mol. The van der Waals surface area contributed by atoms with Crippen molar-refractivity contribution in [3.63, 3.8) is 0 Å². The third-order valence-corrected chi connectivity index (χ3v) is 2.45. The van der Waals surface area contributed by atoms with E-state index in [9.17, 15) is 4.79 Å². The quantitative estimate of drug-likeness (QED) is 0.631. The highest BCUT2D eigenvalue weighted by molar-refractivity contribution is 6.30. The zero-order chi connectivity index (χ0) is 12.0. The van der Waals surface area contributed by atoms with Crippen LogP contribution in [0.4, 0.5) is 0 Å². The van der Waals surface area contributed by atoms with E-state index in [1.54, 1.807) is 18.2 Å². The summed E-state index contributed by atoms with van der Waals surface area (Å²) < 4.78 is 0. The number of nitrogens with one attached hydrogen (secondary N) is 1. The van der Waals surface area contributed by atoms with Crippen LogP contribution in [0.5, 0.6) is 0 Å². The van der Waals surface area contributed by atoms with Gasteiger partial charge in [0.05, 0.1) is 0 Å². The highest BCUT2D eigenvalue weighted by Crippen LogP contribution is 2.14. The Bertz CT molecular complexity index is 420. The molecule has 0 heterocycles. The number of halogens is 1. The van der Waals surface area contributed by atoms with Gasteiger partial charge < -0.3 is 5.32 Å². The van der Waals surface area contributed by atoms with Gasteiger partial charge in [0.15, 0.2) is 0 Å². The molecule has 0 saturated carbocycles. The number of rotatable bonds is 4. The predicted octanol–water partition coefficient (Wildman–Crippen LogP) is 2.79. The molecule has 0 radical (unpaired) electrons. The van der Waals surface area contributed by atoms with Gasteiger partial charge in [-0.3, -0.25) is 4.79 Å². The third-order valence-electron chi connectivity index (χ3n) is 2.22. The van der Waals surface area contributed by atoms with Crippen molar-refractivity contribution in [2.45, 2.75) is 19.8 Å². The first-order valence-electron chi connectivity index (χ1n) is 5.13. The first-order valence-corrected chi connectivity index (χ1v) is 5.50. The van der Waals surface area contributed by atoms with Gasteiger partial charge in [0.25, 0.3) is 5.91 Å². The lowest BCUT2D eigenvalue weighted by Crippen LogP contribution is -2.25. The molecule has 0 spiro atoms. The minimum atomic E-state index is -0.0776. The van der Waals surface area contributed by atoms with E-state index in [2.05, 4.69) is 11.2 Å². The van der Waals surface area contributed by atoms with Gasteiger partial charge in [-0.25, -0.2) is 0 Å². The normalized spacial score (nSPS) is 9.56. The number of terminal acetylenes is 1. The summed E-state index contributed by atoms with van der Waals surface area (Å²) in [5.74, 6) is 2.45. The standard InChI is InChI=1S/C13H14ClNO/c1-3-4-5-8-15-13(16)12-7-6-11(14)9-10(12)2/h1,6-7,9H,4-5,8H2,2H3,(H,15,16). The van der Waals surface area contributed by atoms with Gasteiger partial charge in [-0.2, -0.15) is 0 Å². The zero-order valence-corrected chi connectivity index (χ0v) is 9.97. The van der Waals surface area contributed by atoms with E-state index >= 15 is 0 Å². The molecule has 1 aromatic carbocycles. The van der Waals surface area contributed by atoms with Crippen LogP contribution in [0.3, 0.4) is 0 Å². The summed E-state index contributed by atoms with van der Waals surface area (Å²) in [6, 6.07) is 5.22. The molecule has 1 amide bonds. The molecule has 0 aromatic heterocycles. The van der Waals surface area contributed by atoms with Crippen molar-refractivity contribution < 1.29 is 4.79 Å².